The minimum Gasteiger partial charge on any atom is -0.386 e. The highest BCUT2D eigenvalue weighted by atomic mass is 16.7. The molecule has 0 fully saturated rings. The summed E-state index contributed by atoms with van der Waals surface area (Å²) in [4.78, 5) is 0. The zero-order valence-electron chi connectivity index (χ0n) is 11.7. The highest BCUT2D eigenvalue weighted by Crippen LogP contribution is 2.23. The summed E-state index contributed by atoms with van der Waals surface area (Å²) in [5, 5.41) is 19.7. The maximum Gasteiger partial charge on any atom is 0.177 e. The average Bonchev–Trinajstić information content (AvgIpc) is 2.48. The molecule has 2 aliphatic rings. The van der Waals surface area contributed by atoms with Crippen LogP contribution < -0.4 is 0 Å². The number of aliphatic hydroxyl groups is 2. The molecule has 0 unspecified atom stereocenters. The van der Waals surface area contributed by atoms with Gasteiger partial charge in [0.2, 0.25) is 0 Å². The lowest BCUT2D eigenvalue weighted by molar-refractivity contribution is -0.177. The van der Waals surface area contributed by atoms with E-state index in [1.807, 2.05) is 0 Å². The third-order valence-corrected chi connectivity index (χ3v) is 3.51. The van der Waals surface area contributed by atoms with Crippen molar-refractivity contribution in [3.05, 3.63) is 24.3 Å². The molecule has 6 nitrogen and oxygen atoms in total. The van der Waals surface area contributed by atoms with Crippen molar-refractivity contribution in [1.29, 1.82) is 0 Å². The lowest BCUT2D eigenvalue weighted by Crippen LogP contribution is -2.40. The Bertz CT molecular complexity index is 322. The Balaban J connectivity index is 1.85. The van der Waals surface area contributed by atoms with E-state index in [1.54, 1.807) is 38.5 Å². The molecule has 0 bridgehead atoms. The van der Waals surface area contributed by atoms with Crippen LogP contribution in [-0.4, -0.2) is 61.4 Å². The summed E-state index contributed by atoms with van der Waals surface area (Å²) in [6, 6.07) is 0. The Morgan fingerprint density at radius 2 is 1.20 bits per heavy atom. The Hall–Kier alpha value is -0.760. The first kappa shape index (κ1) is 15.6. The number of rotatable bonds is 5. The molecule has 6 heteroatoms. The minimum absolute atomic E-state index is 0.368. The van der Waals surface area contributed by atoms with Gasteiger partial charge < -0.3 is 29.2 Å². The van der Waals surface area contributed by atoms with Gasteiger partial charge in [0.05, 0.1) is 24.4 Å². The van der Waals surface area contributed by atoms with Gasteiger partial charge in [-0.3, -0.25) is 0 Å². The molecule has 2 N–H and O–H groups in total. The molecule has 0 spiro atoms. The van der Waals surface area contributed by atoms with Gasteiger partial charge in [-0.1, -0.05) is 12.2 Å². The SMILES string of the molecule is CO[C@H]1C=C[C@@H](O)[C@H](CC[C@H]2O[C@H](OC)C=C[C@@H]2O)O1. The quantitative estimate of drug-likeness (QED) is 0.710. The van der Waals surface area contributed by atoms with Crippen LogP contribution in [0.4, 0.5) is 0 Å². The Morgan fingerprint density at radius 1 is 0.800 bits per heavy atom. The number of methoxy groups -OCH3 is 2. The molecule has 0 amide bonds. The summed E-state index contributed by atoms with van der Waals surface area (Å²) >= 11 is 0. The van der Waals surface area contributed by atoms with Crippen LogP contribution in [0.3, 0.4) is 0 Å². The van der Waals surface area contributed by atoms with Gasteiger partial charge in [-0.2, -0.15) is 0 Å². The Kier molecular flexibility index (Phi) is 5.71. The highest BCUT2D eigenvalue weighted by Gasteiger charge is 2.30. The molecule has 6 atom stereocenters. The maximum absolute atomic E-state index is 9.87. The Labute approximate surface area is 118 Å². The van der Waals surface area contributed by atoms with Crippen LogP contribution >= 0.6 is 0 Å². The molecule has 0 aliphatic carbocycles. The van der Waals surface area contributed by atoms with Crippen molar-refractivity contribution in [2.45, 2.75) is 49.8 Å². The summed E-state index contributed by atoms with van der Waals surface area (Å²) < 4.78 is 21.3. The third kappa shape index (κ3) is 3.88. The predicted octanol–water partition coefficient (Wildman–Crippen LogP) is 0.343. The summed E-state index contributed by atoms with van der Waals surface area (Å²) in [7, 11) is 3.09. The molecule has 114 valence electrons. The monoisotopic (exact) mass is 286 g/mol. The first-order valence-corrected chi connectivity index (χ1v) is 6.73. The topological polar surface area (TPSA) is 77.4 Å². The van der Waals surface area contributed by atoms with Crippen molar-refractivity contribution in [1.82, 2.24) is 0 Å². The van der Waals surface area contributed by atoms with E-state index in [-0.39, 0.29) is 12.2 Å². The van der Waals surface area contributed by atoms with E-state index in [4.69, 9.17) is 18.9 Å². The van der Waals surface area contributed by atoms with E-state index >= 15 is 0 Å². The van der Waals surface area contributed by atoms with Crippen LogP contribution in [0.1, 0.15) is 12.8 Å². The van der Waals surface area contributed by atoms with Crippen molar-refractivity contribution in [3.8, 4) is 0 Å². The second-order valence-electron chi connectivity index (χ2n) is 4.89. The van der Waals surface area contributed by atoms with Gasteiger partial charge in [0.25, 0.3) is 0 Å². The lowest BCUT2D eigenvalue weighted by Gasteiger charge is -2.32. The van der Waals surface area contributed by atoms with Crippen LogP contribution in [0.15, 0.2) is 24.3 Å². The fourth-order valence-electron chi connectivity index (χ4n) is 2.33. The van der Waals surface area contributed by atoms with Gasteiger partial charge in [0, 0.05) is 14.2 Å². The molecule has 0 radical (unpaired) electrons. The lowest BCUT2D eigenvalue weighted by atomic mass is 9.99. The van der Waals surface area contributed by atoms with E-state index in [1.165, 1.54) is 0 Å². The summed E-state index contributed by atoms with van der Waals surface area (Å²) in [5.41, 5.74) is 0. The van der Waals surface area contributed by atoms with E-state index in [0.717, 1.165) is 0 Å². The number of hydrogen-bond acceptors (Lipinski definition) is 6. The van der Waals surface area contributed by atoms with Crippen LogP contribution in [0.2, 0.25) is 0 Å². The van der Waals surface area contributed by atoms with Gasteiger partial charge in [-0.25, -0.2) is 0 Å². The van der Waals surface area contributed by atoms with Crippen LogP contribution in [0, 0.1) is 0 Å². The van der Waals surface area contributed by atoms with Crippen LogP contribution in [0.5, 0.6) is 0 Å². The fourth-order valence-corrected chi connectivity index (χ4v) is 2.33. The normalized spacial score (nSPS) is 41.0. The van der Waals surface area contributed by atoms with Gasteiger partial charge in [0.15, 0.2) is 12.6 Å². The number of ether oxygens (including phenoxy) is 4. The van der Waals surface area contributed by atoms with Gasteiger partial charge in [-0.15, -0.1) is 0 Å². The molecule has 20 heavy (non-hydrogen) atoms. The average molecular weight is 286 g/mol. The van der Waals surface area contributed by atoms with Crippen molar-refractivity contribution in [3.63, 3.8) is 0 Å². The summed E-state index contributed by atoms with van der Waals surface area (Å²) in [5.74, 6) is 0. The third-order valence-electron chi connectivity index (χ3n) is 3.51. The van der Waals surface area contributed by atoms with Gasteiger partial charge in [-0.05, 0) is 25.0 Å². The molecule has 0 aromatic rings. The first-order chi connectivity index (χ1) is 9.63. The summed E-state index contributed by atoms with van der Waals surface area (Å²) in [6.07, 6.45) is 4.84. The first-order valence-electron chi connectivity index (χ1n) is 6.73. The van der Waals surface area contributed by atoms with Crippen molar-refractivity contribution < 1.29 is 29.2 Å². The van der Waals surface area contributed by atoms with Crippen molar-refractivity contribution in [2.24, 2.45) is 0 Å². The Morgan fingerprint density at radius 3 is 1.55 bits per heavy atom. The largest absolute Gasteiger partial charge is 0.386 e. The molecule has 0 aromatic carbocycles. The van der Waals surface area contributed by atoms with E-state index < -0.39 is 24.8 Å². The molecule has 2 heterocycles. The number of hydrogen-bond donors (Lipinski definition) is 2. The van der Waals surface area contributed by atoms with Crippen molar-refractivity contribution >= 4 is 0 Å². The fraction of sp³-hybridized carbons (Fsp3) is 0.714. The summed E-state index contributed by atoms with van der Waals surface area (Å²) in [6.45, 7) is 0. The highest BCUT2D eigenvalue weighted by molar-refractivity contribution is 5.02. The second kappa shape index (κ2) is 7.31. The predicted molar refractivity (Wildman–Crippen MR) is 70.9 cm³/mol. The minimum atomic E-state index is -0.670. The zero-order chi connectivity index (χ0) is 14.5. The van der Waals surface area contributed by atoms with E-state index in [2.05, 4.69) is 0 Å². The van der Waals surface area contributed by atoms with Gasteiger partial charge in [0.1, 0.15) is 0 Å². The molecular formula is C14H22O6. The van der Waals surface area contributed by atoms with Crippen LogP contribution in [0.25, 0.3) is 0 Å². The van der Waals surface area contributed by atoms with Crippen LogP contribution in [-0.2, 0) is 18.9 Å². The zero-order valence-corrected chi connectivity index (χ0v) is 11.7. The maximum atomic E-state index is 9.87. The van der Waals surface area contributed by atoms with Gasteiger partial charge >= 0.3 is 0 Å². The molecule has 0 saturated heterocycles. The molecule has 2 rings (SSSR count). The molecule has 0 aromatic heterocycles. The smallest absolute Gasteiger partial charge is 0.177 e. The van der Waals surface area contributed by atoms with E-state index in [9.17, 15) is 10.2 Å². The molecule has 0 saturated carbocycles. The second-order valence-corrected chi connectivity index (χ2v) is 4.89. The number of aliphatic hydroxyl groups excluding tert-OH is 2. The van der Waals surface area contributed by atoms with E-state index in [0.29, 0.717) is 12.8 Å². The molecule has 2 aliphatic heterocycles. The van der Waals surface area contributed by atoms with Crippen molar-refractivity contribution in [2.75, 3.05) is 14.2 Å². The standard InChI is InChI=1S/C14H22O6/c1-17-13-7-3-9(15)11(19-13)5-6-12-10(16)4-8-14(18-2)20-12/h3-4,7-16H,5-6H2,1-2H3/t9-,10+,11+,12-,13-,14+. The molecular weight excluding hydrogens is 264 g/mol.